The van der Waals surface area contributed by atoms with Crippen LogP contribution in [0.2, 0.25) is 0 Å². The maximum atomic E-state index is 13.8. The third kappa shape index (κ3) is 35.5. The Kier molecular flexibility index (Phi) is 40.3. The van der Waals surface area contributed by atoms with Gasteiger partial charge in [0.1, 0.15) is 18.8 Å². The Morgan fingerprint density at radius 2 is 0.763 bits per heavy atom. The minimum Gasteiger partial charge on any atom is -0.465 e. The topological polar surface area (TPSA) is 191 Å². The molecule has 0 radical (unpaired) electrons. The first-order chi connectivity index (χ1) is 36.9. The monoisotopic (exact) mass is 1080 g/mol. The maximum absolute atomic E-state index is 13.8. The molecule has 1 amide bonds. The first-order valence-electron chi connectivity index (χ1n) is 30.5. The molecule has 0 aliphatic carbocycles. The molecule has 2 saturated heterocycles. The summed E-state index contributed by atoms with van der Waals surface area (Å²) < 4.78 is 40.4. The van der Waals surface area contributed by atoms with Gasteiger partial charge in [0.15, 0.2) is 0 Å². The van der Waals surface area contributed by atoms with Crippen molar-refractivity contribution < 1.29 is 66.7 Å². The number of amides is 1. The molecule has 2 aliphatic rings. The van der Waals surface area contributed by atoms with Crippen LogP contribution in [0.15, 0.2) is 0 Å². The summed E-state index contributed by atoms with van der Waals surface area (Å²) in [5, 5.41) is 0. The van der Waals surface area contributed by atoms with Crippen molar-refractivity contribution in [3.05, 3.63) is 0 Å². The lowest BCUT2D eigenvalue weighted by Crippen LogP contribution is -2.51. The lowest BCUT2D eigenvalue weighted by molar-refractivity contribution is -0.166. The fourth-order valence-corrected chi connectivity index (χ4v) is 9.72. The van der Waals surface area contributed by atoms with Gasteiger partial charge in [-0.25, -0.2) is 4.79 Å². The number of ether oxygens (including phenoxy) is 7. The van der Waals surface area contributed by atoms with Gasteiger partial charge in [0.05, 0.1) is 52.4 Å². The Morgan fingerprint density at radius 3 is 1.12 bits per heavy atom. The SMILES string of the molecule is CCCCCCCCC(=O)OCC(COC(=O)CCCCCCCC)CC(=O)O[C@@H]1C[C@@H](OC(=O)CC(COC(=O)CCCCCCCC)COC(=O)CCCCCCCC)CN(C(=O)OCC2CCCCCN2C)C1. The van der Waals surface area contributed by atoms with Crippen molar-refractivity contribution in [2.24, 2.45) is 11.8 Å². The van der Waals surface area contributed by atoms with Gasteiger partial charge < -0.3 is 43.0 Å². The molecule has 1 unspecified atom stereocenters. The number of likely N-dealkylation sites (tertiary alicyclic amines) is 2. The summed E-state index contributed by atoms with van der Waals surface area (Å²) in [4.78, 5) is 96.3. The van der Waals surface area contributed by atoms with Crippen molar-refractivity contribution >= 4 is 41.9 Å². The molecule has 16 nitrogen and oxygen atoms in total. The number of hydrogen-bond donors (Lipinski definition) is 0. The molecule has 16 heteroatoms. The molecule has 0 bridgehead atoms. The summed E-state index contributed by atoms with van der Waals surface area (Å²) in [6, 6.07) is 0.0481. The number of hydrogen-bond acceptors (Lipinski definition) is 15. The van der Waals surface area contributed by atoms with E-state index in [9.17, 15) is 33.6 Å². The zero-order valence-corrected chi connectivity index (χ0v) is 48.4. The standard InChI is InChI=1S/C60H106N2O14/c1-6-10-14-18-22-28-34-54(63)70-44-49(45-71-55(64)35-29-23-19-15-11-7-2)39-58(67)75-52-41-53(43-62(42-52)60(69)74-48-51-33-27-26-32-38-61(51)5)76-59(68)40-50(46-72-56(65)36-30-24-20-16-12-8-3)47-73-57(66)37-31-25-21-17-13-9-4/h49-53H,6-48H2,1-5H3/t51?,52-,53-/m1/s1. The van der Waals surface area contributed by atoms with E-state index in [1.54, 1.807) is 0 Å². The number of carbonyl (C=O) groups is 7. The third-order valence-corrected chi connectivity index (χ3v) is 14.6. The minimum atomic E-state index is -0.903. The van der Waals surface area contributed by atoms with Gasteiger partial charge in [-0.1, -0.05) is 169 Å². The second-order valence-corrected chi connectivity index (χ2v) is 21.9. The number of esters is 6. The number of unbranched alkanes of at least 4 members (excludes halogenated alkanes) is 20. The Morgan fingerprint density at radius 1 is 0.421 bits per heavy atom. The summed E-state index contributed by atoms with van der Waals surface area (Å²) in [6.45, 7) is 9.09. The zero-order chi connectivity index (χ0) is 55.4. The fourth-order valence-electron chi connectivity index (χ4n) is 9.72. The van der Waals surface area contributed by atoms with Crippen molar-refractivity contribution in [2.75, 3.05) is 59.7 Å². The van der Waals surface area contributed by atoms with Crippen LogP contribution in [-0.4, -0.2) is 130 Å². The zero-order valence-electron chi connectivity index (χ0n) is 48.4. The van der Waals surface area contributed by atoms with Gasteiger partial charge in [0.25, 0.3) is 0 Å². The molecule has 0 spiro atoms. The van der Waals surface area contributed by atoms with Gasteiger partial charge in [-0.3, -0.25) is 28.8 Å². The first kappa shape index (κ1) is 68.2. The molecule has 76 heavy (non-hydrogen) atoms. The number of carbonyl (C=O) groups excluding carboxylic acids is 7. The van der Waals surface area contributed by atoms with Crippen molar-refractivity contribution in [3.8, 4) is 0 Å². The van der Waals surface area contributed by atoms with E-state index >= 15 is 0 Å². The van der Waals surface area contributed by atoms with Crippen LogP contribution in [0.3, 0.4) is 0 Å². The fraction of sp³-hybridized carbons (Fsp3) is 0.883. The summed E-state index contributed by atoms with van der Waals surface area (Å²) in [7, 11) is 2.02. The number of rotatable bonds is 44. The molecule has 0 aromatic rings. The lowest BCUT2D eigenvalue weighted by atomic mass is 10.0. The van der Waals surface area contributed by atoms with Crippen molar-refractivity contribution in [1.82, 2.24) is 9.80 Å². The van der Waals surface area contributed by atoms with Crippen LogP contribution >= 0.6 is 0 Å². The van der Waals surface area contributed by atoms with E-state index in [1.165, 1.54) is 4.90 Å². The number of nitrogens with zero attached hydrogens (tertiary/aromatic N) is 2. The molecular formula is C60H106N2O14. The second kappa shape index (κ2) is 45.0. The van der Waals surface area contributed by atoms with Gasteiger partial charge in [0.2, 0.25) is 0 Å². The molecule has 440 valence electrons. The average Bonchev–Trinajstić information content (AvgIpc) is 3.61. The highest BCUT2D eigenvalue weighted by molar-refractivity contribution is 5.73. The van der Waals surface area contributed by atoms with E-state index in [0.29, 0.717) is 25.7 Å². The van der Waals surface area contributed by atoms with Crippen LogP contribution in [0.25, 0.3) is 0 Å². The van der Waals surface area contributed by atoms with Gasteiger partial charge >= 0.3 is 41.9 Å². The van der Waals surface area contributed by atoms with Crippen LogP contribution in [-0.2, 0) is 61.9 Å². The Bertz CT molecular complexity index is 1420. The molecule has 3 atom stereocenters. The summed E-state index contributed by atoms with van der Waals surface area (Å²) >= 11 is 0. The molecule has 2 heterocycles. The molecule has 2 fully saturated rings. The first-order valence-corrected chi connectivity index (χ1v) is 30.5. The Labute approximate surface area is 459 Å². The van der Waals surface area contributed by atoms with Crippen LogP contribution < -0.4 is 0 Å². The molecule has 2 rings (SSSR count). The van der Waals surface area contributed by atoms with Crippen molar-refractivity contribution in [3.63, 3.8) is 0 Å². The van der Waals surface area contributed by atoms with Crippen LogP contribution in [0, 0.1) is 11.8 Å². The van der Waals surface area contributed by atoms with Crippen LogP contribution in [0.4, 0.5) is 4.79 Å². The smallest absolute Gasteiger partial charge is 0.410 e. The highest BCUT2D eigenvalue weighted by atomic mass is 16.6. The van der Waals surface area contributed by atoms with Crippen molar-refractivity contribution in [2.45, 2.75) is 271 Å². The van der Waals surface area contributed by atoms with Crippen LogP contribution in [0.5, 0.6) is 0 Å². The lowest BCUT2D eigenvalue weighted by Gasteiger charge is -2.37. The van der Waals surface area contributed by atoms with Gasteiger partial charge in [0, 0.05) is 50.0 Å². The Balaban J connectivity index is 2.20. The normalized spacial score (nSPS) is 17.0. The van der Waals surface area contributed by atoms with Crippen molar-refractivity contribution in [1.29, 1.82) is 0 Å². The van der Waals surface area contributed by atoms with E-state index in [4.69, 9.17) is 33.2 Å². The van der Waals surface area contributed by atoms with E-state index in [1.807, 2.05) is 7.05 Å². The third-order valence-electron chi connectivity index (χ3n) is 14.6. The van der Waals surface area contributed by atoms with Gasteiger partial charge in [-0.2, -0.15) is 0 Å². The molecule has 0 N–H and O–H groups in total. The second-order valence-electron chi connectivity index (χ2n) is 21.9. The largest absolute Gasteiger partial charge is 0.465 e. The van der Waals surface area contributed by atoms with Gasteiger partial charge in [-0.15, -0.1) is 0 Å². The molecular weight excluding hydrogens is 973 g/mol. The molecule has 0 saturated carbocycles. The van der Waals surface area contributed by atoms with E-state index in [2.05, 4.69) is 32.6 Å². The predicted molar refractivity (Wildman–Crippen MR) is 294 cm³/mol. The summed E-state index contributed by atoms with van der Waals surface area (Å²) in [5.74, 6) is -4.19. The predicted octanol–water partition coefficient (Wildman–Crippen LogP) is 12.7. The quantitative estimate of drug-likeness (QED) is 0.0318. The Hall–Kier alpha value is -3.95. The van der Waals surface area contributed by atoms with E-state index in [0.717, 1.165) is 161 Å². The number of likely N-dealkylation sites (N-methyl/N-ethyl adjacent to an activating group) is 1. The maximum Gasteiger partial charge on any atom is 0.410 e. The van der Waals surface area contributed by atoms with E-state index < -0.39 is 42.1 Å². The van der Waals surface area contributed by atoms with Crippen LogP contribution in [0.1, 0.15) is 252 Å². The number of piperidine rings is 1. The molecule has 0 aromatic heterocycles. The average molecular weight is 1080 g/mol. The molecule has 0 aromatic carbocycles. The van der Waals surface area contributed by atoms with Gasteiger partial charge in [-0.05, 0) is 52.1 Å². The summed E-state index contributed by atoms with van der Waals surface area (Å²) in [6.07, 6.45) is 26.6. The molecule has 2 aliphatic heterocycles. The summed E-state index contributed by atoms with van der Waals surface area (Å²) in [5.41, 5.74) is 0. The van der Waals surface area contributed by atoms with E-state index in [-0.39, 0.29) is 121 Å². The highest BCUT2D eigenvalue weighted by Crippen LogP contribution is 2.23. The minimum absolute atomic E-state index is 0.0178. The highest BCUT2D eigenvalue weighted by Gasteiger charge is 2.37.